The largest absolute Gasteiger partial charge is 0.357 e. The van der Waals surface area contributed by atoms with Gasteiger partial charge in [0.1, 0.15) is 0 Å². The first-order valence-electron chi connectivity index (χ1n) is 6.61. The monoisotopic (exact) mass is 254 g/mol. The highest BCUT2D eigenvalue weighted by Gasteiger charge is 2.16. The lowest BCUT2D eigenvalue weighted by Gasteiger charge is -2.26. The van der Waals surface area contributed by atoms with Crippen molar-refractivity contribution in [2.45, 2.75) is 33.6 Å². The Kier molecular flexibility index (Phi) is 5.82. The Morgan fingerprint density at radius 3 is 2.50 bits per heavy atom. The molecule has 1 aromatic rings. The van der Waals surface area contributed by atoms with Crippen LogP contribution in [0.15, 0.2) is 6.20 Å². The van der Waals surface area contributed by atoms with Crippen LogP contribution < -0.4 is 10.2 Å². The van der Waals surface area contributed by atoms with E-state index in [1.54, 1.807) is 7.05 Å². The third-order valence-corrected chi connectivity index (χ3v) is 3.26. The van der Waals surface area contributed by atoms with Gasteiger partial charge in [0, 0.05) is 20.1 Å². The van der Waals surface area contributed by atoms with E-state index in [2.05, 4.69) is 29.1 Å². The fraction of sp³-hybridized carbons (Fsp3) is 0.692. The van der Waals surface area contributed by atoms with E-state index in [-0.39, 0.29) is 5.82 Å². The lowest BCUT2D eigenvalue weighted by Crippen LogP contribution is -2.30. The second-order valence-corrected chi connectivity index (χ2v) is 4.34. The standard InChI is InChI=1S/C13H23FN4/c1-5-10(6-2)9-18(7-3)12-11(14)8-16-13(15-4)17-12/h8,10H,5-7,9H2,1-4H3,(H,15,16,17). The summed E-state index contributed by atoms with van der Waals surface area (Å²) in [6.45, 7) is 7.92. The number of rotatable bonds is 7. The molecule has 0 unspecified atom stereocenters. The van der Waals surface area contributed by atoms with Crippen LogP contribution in [0.25, 0.3) is 0 Å². The van der Waals surface area contributed by atoms with E-state index in [1.165, 1.54) is 6.20 Å². The van der Waals surface area contributed by atoms with Crippen molar-refractivity contribution in [3.05, 3.63) is 12.0 Å². The molecule has 102 valence electrons. The SMILES string of the molecule is CCC(CC)CN(CC)c1nc(NC)ncc1F. The average Bonchev–Trinajstić information content (AvgIpc) is 2.41. The zero-order chi connectivity index (χ0) is 13.5. The van der Waals surface area contributed by atoms with E-state index < -0.39 is 0 Å². The average molecular weight is 254 g/mol. The Hall–Kier alpha value is -1.39. The predicted molar refractivity (Wildman–Crippen MR) is 73.5 cm³/mol. The molecule has 1 N–H and O–H groups in total. The summed E-state index contributed by atoms with van der Waals surface area (Å²) >= 11 is 0. The summed E-state index contributed by atoms with van der Waals surface area (Å²) in [5.41, 5.74) is 0. The van der Waals surface area contributed by atoms with Crippen LogP contribution >= 0.6 is 0 Å². The normalized spacial score (nSPS) is 10.8. The predicted octanol–water partition coefficient (Wildman–Crippen LogP) is 2.92. The Labute approximate surface area is 109 Å². The molecule has 1 heterocycles. The molecular formula is C13H23FN4. The van der Waals surface area contributed by atoms with Gasteiger partial charge in [0.15, 0.2) is 11.6 Å². The molecule has 0 amide bonds. The molecule has 0 bridgehead atoms. The van der Waals surface area contributed by atoms with Gasteiger partial charge in [0.05, 0.1) is 6.20 Å². The first kappa shape index (κ1) is 14.7. The molecular weight excluding hydrogens is 231 g/mol. The van der Waals surface area contributed by atoms with Crippen LogP contribution in [-0.2, 0) is 0 Å². The Balaban J connectivity index is 2.93. The van der Waals surface area contributed by atoms with Crippen LogP contribution in [0.2, 0.25) is 0 Å². The quantitative estimate of drug-likeness (QED) is 0.812. The van der Waals surface area contributed by atoms with Gasteiger partial charge in [0.25, 0.3) is 0 Å². The van der Waals surface area contributed by atoms with E-state index >= 15 is 0 Å². The highest BCUT2D eigenvalue weighted by molar-refractivity contribution is 5.43. The van der Waals surface area contributed by atoms with Crippen molar-refractivity contribution in [2.24, 2.45) is 5.92 Å². The Bertz CT molecular complexity index is 366. The molecule has 0 fully saturated rings. The van der Waals surface area contributed by atoms with Crippen LogP contribution in [0.1, 0.15) is 33.6 Å². The first-order chi connectivity index (χ1) is 8.65. The summed E-state index contributed by atoms with van der Waals surface area (Å²) in [5, 5.41) is 2.84. The number of aromatic nitrogens is 2. The molecule has 4 nitrogen and oxygen atoms in total. The van der Waals surface area contributed by atoms with E-state index in [0.29, 0.717) is 17.7 Å². The van der Waals surface area contributed by atoms with Crippen LogP contribution in [0.5, 0.6) is 0 Å². The van der Waals surface area contributed by atoms with Gasteiger partial charge in [0.2, 0.25) is 5.95 Å². The smallest absolute Gasteiger partial charge is 0.224 e. The first-order valence-corrected chi connectivity index (χ1v) is 6.61. The Morgan fingerprint density at radius 2 is 2.00 bits per heavy atom. The van der Waals surface area contributed by atoms with Crippen molar-refractivity contribution < 1.29 is 4.39 Å². The molecule has 18 heavy (non-hydrogen) atoms. The molecule has 0 saturated carbocycles. The van der Waals surface area contributed by atoms with Crippen LogP contribution in [0, 0.1) is 11.7 Å². The number of nitrogens with one attached hydrogen (secondary N) is 1. The van der Waals surface area contributed by atoms with Gasteiger partial charge in [-0.15, -0.1) is 0 Å². The third-order valence-electron chi connectivity index (χ3n) is 3.26. The topological polar surface area (TPSA) is 41.1 Å². The zero-order valence-electron chi connectivity index (χ0n) is 11.7. The van der Waals surface area contributed by atoms with Crippen LogP contribution in [-0.4, -0.2) is 30.1 Å². The van der Waals surface area contributed by atoms with E-state index in [9.17, 15) is 4.39 Å². The number of anilines is 2. The molecule has 0 aliphatic heterocycles. The lowest BCUT2D eigenvalue weighted by molar-refractivity contribution is 0.479. The van der Waals surface area contributed by atoms with E-state index in [4.69, 9.17) is 0 Å². The summed E-state index contributed by atoms with van der Waals surface area (Å²) in [5.74, 6) is 1.05. The van der Waals surface area contributed by atoms with Crippen molar-refractivity contribution in [3.8, 4) is 0 Å². The van der Waals surface area contributed by atoms with Crippen molar-refractivity contribution >= 4 is 11.8 Å². The number of hydrogen-bond acceptors (Lipinski definition) is 4. The van der Waals surface area contributed by atoms with Gasteiger partial charge in [-0.1, -0.05) is 26.7 Å². The van der Waals surface area contributed by atoms with Crippen molar-refractivity contribution in [1.82, 2.24) is 9.97 Å². The van der Waals surface area contributed by atoms with Gasteiger partial charge < -0.3 is 10.2 Å². The summed E-state index contributed by atoms with van der Waals surface area (Å²) in [4.78, 5) is 10.1. The maximum Gasteiger partial charge on any atom is 0.224 e. The fourth-order valence-electron chi connectivity index (χ4n) is 1.92. The second kappa shape index (κ2) is 7.13. The molecule has 0 atom stereocenters. The van der Waals surface area contributed by atoms with Gasteiger partial charge in [-0.25, -0.2) is 9.37 Å². The van der Waals surface area contributed by atoms with Crippen molar-refractivity contribution in [2.75, 3.05) is 30.4 Å². The third kappa shape index (κ3) is 3.55. The summed E-state index contributed by atoms with van der Waals surface area (Å²) < 4.78 is 13.8. The van der Waals surface area contributed by atoms with Crippen molar-refractivity contribution in [3.63, 3.8) is 0 Å². The number of hydrogen-bond donors (Lipinski definition) is 1. The van der Waals surface area contributed by atoms with E-state index in [1.807, 2.05) is 11.8 Å². The maximum atomic E-state index is 13.8. The summed E-state index contributed by atoms with van der Waals surface area (Å²) in [6, 6.07) is 0. The van der Waals surface area contributed by atoms with Gasteiger partial charge >= 0.3 is 0 Å². The van der Waals surface area contributed by atoms with Crippen LogP contribution in [0.3, 0.4) is 0 Å². The summed E-state index contributed by atoms with van der Waals surface area (Å²) in [7, 11) is 1.73. The van der Waals surface area contributed by atoms with Gasteiger partial charge in [-0.05, 0) is 12.8 Å². The molecule has 1 aromatic heterocycles. The highest BCUT2D eigenvalue weighted by Crippen LogP contribution is 2.20. The molecule has 5 heteroatoms. The fourth-order valence-corrected chi connectivity index (χ4v) is 1.92. The molecule has 0 aliphatic rings. The minimum absolute atomic E-state index is 0.359. The number of nitrogens with zero attached hydrogens (tertiary/aromatic N) is 3. The Morgan fingerprint density at radius 1 is 1.33 bits per heavy atom. The zero-order valence-corrected chi connectivity index (χ0v) is 11.7. The molecule has 0 aliphatic carbocycles. The minimum atomic E-state index is -0.359. The number of halogens is 1. The van der Waals surface area contributed by atoms with Gasteiger partial charge in [-0.3, -0.25) is 0 Å². The molecule has 0 spiro atoms. The van der Waals surface area contributed by atoms with Crippen LogP contribution in [0.4, 0.5) is 16.2 Å². The molecule has 0 radical (unpaired) electrons. The second-order valence-electron chi connectivity index (χ2n) is 4.34. The van der Waals surface area contributed by atoms with Crippen molar-refractivity contribution in [1.29, 1.82) is 0 Å². The minimum Gasteiger partial charge on any atom is -0.357 e. The maximum absolute atomic E-state index is 13.8. The van der Waals surface area contributed by atoms with Gasteiger partial charge in [-0.2, -0.15) is 4.98 Å². The highest BCUT2D eigenvalue weighted by atomic mass is 19.1. The molecule has 0 aromatic carbocycles. The van der Waals surface area contributed by atoms with E-state index in [0.717, 1.165) is 25.9 Å². The lowest BCUT2D eigenvalue weighted by atomic mass is 10.0. The summed E-state index contributed by atoms with van der Waals surface area (Å²) in [6.07, 6.45) is 3.42. The molecule has 1 rings (SSSR count). The molecule has 0 saturated heterocycles.